The number of aliphatic imine (C=N–C) groups is 2. The molecule has 2 aromatic heterocycles. The second kappa shape index (κ2) is 17.6. The van der Waals surface area contributed by atoms with Crippen LogP contribution in [-0.4, -0.2) is 20.9 Å². The van der Waals surface area contributed by atoms with Crippen molar-refractivity contribution in [2.24, 2.45) is 15.9 Å². The van der Waals surface area contributed by atoms with Crippen LogP contribution in [0.15, 0.2) is 259 Å². The zero-order valence-electron chi connectivity index (χ0n) is 37.6. The van der Waals surface area contributed by atoms with Gasteiger partial charge in [0, 0.05) is 28.8 Å². The summed E-state index contributed by atoms with van der Waals surface area (Å²) in [5.74, 6) is 0.721. The molecule has 68 heavy (non-hydrogen) atoms. The van der Waals surface area contributed by atoms with Gasteiger partial charge in [0.15, 0.2) is 5.84 Å². The van der Waals surface area contributed by atoms with Crippen LogP contribution in [0.3, 0.4) is 0 Å². The van der Waals surface area contributed by atoms with Crippen molar-refractivity contribution in [2.45, 2.75) is 13.0 Å². The molecule has 4 nitrogen and oxygen atoms in total. The zero-order valence-corrected chi connectivity index (χ0v) is 37.6. The maximum atomic E-state index is 5.63. The Labute approximate surface area is 397 Å². The first kappa shape index (κ1) is 40.8. The number of amidine groups is 1. The standard InChI is InChI=1S/C64H46N4/c1-43-60(49-34-30-46(31-35-49)44-17-5-2-6-18-44)66-64(67-61(43)50-36-32-47(33-37-50)45-19-7-3-8-20-45)56-41-54(40-55(42-56)58-28-16-24-48-21-11-12-27-57(48)58)52-25-15-26-53(39-52)62-63(51-22-9-4-10-23-51)68-38-14-13-29-59(68)65-62/h2-43,60H,1H3. The summed E-state index contributed by atoms with van der Waals surface area (Å²) in [5, 5.41) is 2.39. The van der Waals surface area contributed by atoms with Crippen molar-refractivity contribution < 1.29 is 0 Å². The van der Waals surface area contributed by atoms with Gasteiger partial charge in [0.1, 0.15) is 5.65 Å². The summed E-state index contributed by atoms with van der Waals surface area (Å²) in [5.41, 5.74) is 18.5. The van der Waals surface area contributed by atoms with Crippen LogP contribution >= 0.6 is 0 Å². The largest absolute Gasteiger partial charge is 0.299 e. The molecule has 4 heteroatoms. The highest BCUT2D eigenvalue weighted by Crippen LogP contribution is 2.40. The van der Waals surface area contributed by atoms with Crippen LogP contribution in [0.1, 0.15) is 29.7 Å². The topological polar surface area (TPSA) is 42.0 Å². The normalized spacial score (nSPS) is 14.7. The van der Waals surface area contributed by atoms with Crippen LogP contribution in [0.2, 0.25) is 0 Å². The molecule has 0 bridgehead atoms. The molecular formula is C64H46N4. The average Bonchev–Trinajstić information content (AvgIpc) is 3.81. The second-order valence-electron chi connectivity index (χ2n) is 17.6. The number of hydrogen-bond donors (Lipinski definition) is 0. The maximum Gasteiger partial charge on any atom is 0.155 e. The van der Waals surface area contributed by atoms with Gasteiger partial charge in [0.05, 0.1) is 23.1 Å². The molecule has 0 saturated carbocycles. The van der Waals surface area contributed by atoms with Crippen molar-refractivity contribution in [1.82, 2.24) is 9.38 Å². The molecule has 0 N–H and O–H groups in total. The molecule has 322 valence electrons. The number of rotatable bonds is 9. The Hall–Kier alpha value is -8.73. The number of aromatic nitrogens is 2. The third kappa shape index (κ3) is 7.72. The zero-order chi connectivity index (χ0) is 45.4. The molecule has 0 spiro atoms. The summed E-state index contributed by atoms with van der Waals surface area (Å²) in [6.07, 6.45) is 2.10. The third-order valence-electron chi connectivity index (χ3n) is 13.4. The van der Waals surface area contributed by atoms with E-state index in [0.717, 1.165) is 72.8 Å². The number of nitrogens with zero attached hydrogens (tertiary/aromatic N) is 4. The average molecular weight is 871 g/mol. The smallest absolute Gasteiger partial charge is 0.155 e. The lowest BCUT2D eigenvalue weighted by Gasteiger charge is -2.28. The molecule has 0 amide bonds. The van der Waals surface area contributed by atoms with Crippen molar-refractivity contribution in [3.63, 3.8) is 0 Å². The van der Waals surface area contributed by atoms with Crippen LogP contribution in [-0.2, 0) is 0 Å². The van der Waals surface area contributed by atoms with Crippen molar-refractivity contribution in [2.75, 3.05) is 0 Å². The Morgan fingerprint density at radius 3 is 1.66 bits per heavy atom. The highest BCUT2D eigenvalue weighted by molar-refractivity contribution is 6.16. The molecule has 3 heterocycles. The van der Waals surface area contributed by atoms with Crippen molar-refractivity contribution >= 4 is 28.0 Å². The molecule has 11 aromatic rings. The fourth-order valence-corrected chi connectivity index (χ4v) is 9.91. The molecule has 2 unspecified atom stereocenters. The van der Waals surface area contributed by atoms with Crippen LogP contribution in [0.25, 0.3) is 83.4 Å². The number of imidazole rings is 1. The summed E-state index contributed by atoms with van der Waals surface area (Å²) >= 11 is 0. The van der Waals surface area contributed by atoms with Crippen molar-refractivity contribution in [1.29, 1.82) is 0 Å². The Morgan fingerprint density at radius 1 is 0.397 bits per heavy atom. The van der Waals surface area contributed by atoms with Gasteiger partial charge in [-0.3, -0.25) is 9.39 Å². The van der Waals surface area contributed by atoms with Gasteiger partial charge >= 0.3 is 0 Å². The molecule has 0 fully saturated rings. The Balaban J connectivity index is 1.03. The number of pyridine rings is 1. The Kier molecular flexibility index (Phi) is 10.5. The quantitative estimate of drug-likeness (QED) is 0.142. The van der Waals surface area contributed by atoms with Gasteiger partial charge in [0.25, 0.3) is 0 Å². The lowest BCUT2D eigenvalue weighted by Crippen LogP contribution is -2.26. The van der Waals surface area contributed by atoms with Gasteiger partial charge in [-0.25, -0.2) is 9.98 Å². The predicted octanol–water partition coefficient (Wildman–Crippen LogP) is 16.1. The summed E-state index contributed by atoms with van der Waals surface area (Å²) in [4.78, 5) is 16.4. The van der Waals surface area contributed by atoms with E-state index in [0.29, 0.717) is 5.84 Å². The van der Waals surface area contributed by atoms with E-state index in [1.165, 1.54) is 33.0 Å². The van der Waals surface area contributed by atoms with E-state index in [4.69, 9.17) is 15.0 Å². The van der Waals surface area contributed by atoms with E-state index in [1.807, 2.05) is 6.07 Å². The van der Waals surface area contributed by atoms with Gasteiger partial charge in [-0.15, -0.1) is 0 Å². The molecule has 0 aliphatic carbocycles. The minimum Gasteiger partial charge on any atom is -0.299 e. The van der Waals surface area contributed by atoms with E-state index < -0.39 is 0 Å². The maximum absolute atomic E-state index is 5.63. The number of benzene rings is 9. The minimum absolute atomic E-state index is 0.00513. The predicted molar refractivity (Wildman–Crippen MR) is 283 cm³/mol. The molecule has 1 aliphatic heterocycles. The van der Waals surface area contributed by atoms with Crippen molar-refractivity contribution in [3.8, 4) is 67.0 Å². The minimum atomic E-state index is -0.171. The summed E-state index contributed by atoms with van der Waals surface area (Å²) in [6, 6.07) is 86.4. The third-order valence-corrected chi connectivity index (χ3v) is 13.4. The number of fused-ring (bicyclic) bond motifs is 2. The first-order chi connectivity index (χ1) is 33.6. The Morgan fingerprint density at radius 2 is 0.926 bits per heavy atom. The molecule has 0 radical (unpaired) electrons. The van der Waals surface area contributed by atoms with E-state index in [9.17, 15) is 0 Å². The summed E-state index contributed by atoms with van der Waals surface area (Å²) in [7, 11) is 0. The fraction of sp³-hybridized carbons (Fsp3) is 0.0469. The molecule has 9 aromatic carbocycles. The highest BCUT2D eigenvalue weighted by atomic mass is 15.0. The van der Waals surface area contributed by atoms with Crippen LogP contribution in [0, 0.1) is 5.92 Å². The van der Waals surface area contributed by atoms with E-state index in [-0.39, 0.29) is 12.0 Å². The first-order valence-electron chi connectivity index (χ1n) is 23.4. The molecular weight excluding hydrogens is 825 g/mol. The molecule has 2 atom stereocenters. The Bertz CT molecular complexity index is 3660. The van der Waals surface area contributed by atoms with E-state index in [1.54, 1.807) is 0 Å². The van der Waals surface area contributed by atoms with Gasteiger partial charge in [0.2, 0.25) is 0 Å². The molecule has 0 saturated heterocycles. The van der Waals surface area contributed by atoms with E-state index in [2.05, 4.69) is 254 Å². The van der Waals surface area contributed by atoms with Gasteiger partial charge in [-0.1, -0.05) is 213 Å². The summed E-state index contributed by atoms with van der Waals surface area (Å²) in [6.45, 7) is 2.27. The van der Waals surface area contributed by atoms with E-state index >= 15 is 0 Å². The highest BCUT2D eigenvalue weighted by Gasteiger charge is 2.30. The lowest BCUT2D eigenvalue weighted by atomic mass is 9.85. The van der Waals surface area contributed by atoms with Gasteiger partial charge in [-0.2, -0.15) is 0 Å². The first-order valence-corrected chi connectivity index (χ1v) is 23.4. The van der Waals surface area contributed by atoms with Gasteiger partial charge < -0.3 is 0 Å². The number of hydrogen-bond acceptors (Lipinski definition) is 3. The fourth-order valence-electron chi connectivity index (χ4n) is 9.91. The van der Waals surface area contributed by atoms with Crippen LogP contribution in [0.5, 0.6) is 0 Å². The van der Waals surface area contributed by atoms with Crippen LogP contribution < -0.4 is 0 Å². The molecule has 12 rings (SSSR count). The SMILES string of the molecule is CC1C(c2ccc(-c3ccccc3)cc2)=NC(c2cc(-c3cccc(-c4nc5ccccn5c4-c4ccccc4)c3)cc(-c3cccc4ccccc34)c2)=NC1c1ccc(-c2ccccc2)cc1. The lowest BCUT2D eigenvalue weighted by molar-refractivity contribution is 0.592. The summed E-state index contributed by atoms with van der Waals surface area (Å²) < 4.78 is 2.19. The van der Waals surface area contributed by atoms with Gasteiger partial charge in [-0.05, 0) is 103 Å². The van der Waals surface area contributed by atoms with Crippen LogP contribution in [0.4, 0.5) is 0 Å². The second-order valence-corrected chi connectivity index (χ2v) is 17.6. The van der Waals surface area contributed by atoms with Crippen molar-refractivity contribution in [3.05, 3.63) is 266 Å². The molecule has 1 aliphatic rings. The monoisotopic (exact) mass is 870 g/mol.